The molecule has 28 heavy (non-hydrogen) atoms. The lowest BCUT2D eigenvalue weighted by atomic mass is 10.2. The van der Waals surface area contributed by atoms with Gasteiger partial charge in [0.05, 0.1) is 6.10 Å². The van der Waals surface area contributed by atoms with Crippen LogP contribution in [0.1, 0.15) is 54.1 Å². The molecule has 0 aliphatic carbocycles. The number of rotatable bonds is 7. The molecule has 0 saturated carbocycles. The van der Waals surface area contributed by atoms with Gasteiger partial charge in [0.1, 0.15) is 24.0 Å². The van der Waals surface area contributed by atoms with Gasteiger partial charge in [-0.2, -0.15) is 0 Å². The van der Waals surface area contributed by atoms with Gasteiger partial charge in [-0.05, 0) is 49.9 Å². The first-order valence-corrected chi connectivity index (χ1v) is 10.3. The summed E-state index contributed by atoms with van der Waals surface area (Å²) in [4.78, 5) is 12.4. The molecule has 1 aromatic carbocycles. The Labute approximate surface area is 165 Å². The third-order valence-electron chi connectivity index (χ3n) is 5.40. The van der Waals surface area contributed by atoms with Crippen LogP contribution >= 0.6 is 0 Å². The molecule has 1 unspecified atom stereocenters. The highest BCUT2D eigenvalue weighted by atomic mass is 16.5. The normalized spacial score (nSPS) is 19.1. The third kappa shape index (κ3) is 4.70. The molecule has 1 N–H and O–H groups in total. The average Bonchev–Trinajstić information content (AvgIpc) is 3.31. The van der Waals surface area contributed by atoms with Crippen LogP contribution in [0.4, 0.5) is 0 Å². The summed E-state index contributed by atoms with van der Waals surface area (Å²) in [6, 6.07) is 7.26. The van der Waals surface area contributed by atoms with Crippen molar-refractivity contribution in [1.29, 1.82) is 0 Å². The summed E-state index contributed by atoms with van der Waals surface area (Å²) < 4.78 is 13.5. The number of carbonyl (C=O) groups excluding carboxylic acids is 1. The predicted molar refractivity (Wildman–Crippen MR) is 105 cm³/mol. The van der Waals surface area contributed by atoms with Gasteiger partial charge in [-0.3, -0.25) is 4.79 Å². The second-order valence-electron chi connectivity index (χ2n) is 7.47. The highest BCUT2D eigenvalue weighted by Gasteiger charge is 2.16. The van der Waals surface area contributed by atoms with E-state index in [2.05, 4.69) is 20.1 Å². The minimum Gasteiger partial charge on any atom is -0.491 e. The van der Waals surface area contributed by atoms with E-state index < -0.39 is 0 Å². The fourth-order valence-corrected chi connectivity index (χ4v) is 3.79. The van der Waals surface area contributed by atoms with Gasteiger partial charge in [-0.25, -0.2) is 0 Å². The van der Waals surface area contributed by atoms with Crippen molar-refractivity contribution in [1.82, 2.24) is 20.1 Å². The number of fused-ring (bicyclic) bond motifs is 1. The molecule has 7 nitrogen and oxygen atoms in total. The number of carbonyl (C=O) groups is 1. The van der Waals surface area contributed by atoms with Crippen molar-refractivity contribution >= 4 is 5.91 Å². The van der Waals surface area contributed by atoms with Crippen molar-refractivity contribution in [2.24, 2.45) is 0 Å². The molecule has 0 spiro atoms. The van der Waals surface area contributed by atoms with Gasteiger partial charge in [0.15, 0.2) is 0 Å². The number of hydrogen-bond acceptors (Lipinski definition) is 5. The number of nitrogens with zero attached hydrogens (tertiary/aromatic N) is 3. The Morgan fingerprint density at radius 2 is 2.07 bits per heavy atom. The first kappa shape index (κ1) is 18.9. The largest absolute Gasteiger partial charge is 0.491 e. The number of aryl methyl sites for hydroxylation is 1. The monoisotopic (exact) mass is 384 g/mol. The zero-order chi connectivity index (χ0) is 19.2. The van der Waals surface area contributed by atoms with Crippen molar-refractivity contribution < 1.29 is 14.3 Å². The molecule has 1 aromatic heterocycles. The number of benzene rings is 1. The summed E-state index contributed by atoms with van der Waals surface area (Å²) >= 11 is 0. The van der Waals surface area contributed by atoms with Crippen molar-refractivity contribution in [2.75, 3.05) is 19.8 Å². The fourth-order valence-electron chi connectivity index (χ4n) is 3.79. The number of aromatic nitrogens is 3. The van der Waals surface area contributed by atoms with Crippen LogP contribution in [0, 0.1) is 0 Å². The molecular weight excluding hydrogens is 356 g/mol. The minimum absolute atomic E-state index is 0.0821. The molecule has 2 aromatic rings. The zero-order valence-electron chi connectivity index (χ0n) is 16.2. The van der Waals surface area contributed by atoms with E-state index in [0.29, 0.717) is 25.1 Å². The highest BCUT2D eigenvalue weighted by Crippen LogP contribution is 2.17. The van der Waals surface area contributed by atoms with Gasteiger partial charge >= 0.3 is 0 Å². The zero-order valence-corrected chi connectivity index (χ0v) is 16.2. The topological polar surface area (TPSA) is 78.3 Å². The van der Waals surface area contributed by atoms with Gasteiger partial charge in [0, 0.05) is 38.1 Å². The first-order valence-electron chi connectivity index (χ1n) is 10.3. The summed E-state index contributed by atoms with van der Waals surface area (Å²) in [7, 11) is 0. The minimum atomic E-state index is -0.0821. The molecule has 1 atom stereocenters. The first-order chi connectivity index (χ1) is 13.8. The Bertz CT molecular complexity index is 781. The van der Waals surface area contributed by atoms with E-state index in [1.54, 1.807) is 12.1 Å². The fraction of sp³-hybridized carbons (Fsp3) is 0.571. The number of ether oxygens (including phenoxy) is 2. The van der Waals surface area contributed by atoms with Crippen LogP contribution in [0.2, 0.25) is 0 Å². The second kappa shape index (κ2) is 9.19. The van der Waals surface area contributed by atoms with E-state index in [-0.39, 0.29) is 12.0 Å². The van der Waals surface area contributed by atoms with Crippen molar-refractivity contribution in [2.45, 2.75) is 57.6 Å². The van der Waals surface area contributed by atoms with Crippen LogP contribution in [-0.4, -0.2) is 46.5 Å². The van der Waals surface area contributed by atoms with Gasteiger partial charge in [0.25, 0.3) is 5.91 Å². The number of nitrogens with one attached hydrogen (secondary N) is 1. The summed E-state index contributed by atoms with van der Waals surface area (Å²) in [5, 5.41) is 11.6. The molecule has 0 bridgehead atoms. The van der Waals surface area contributed by atoms with Gasteiger partial charge in [-0.15, -0.1) is 10.2 Å². The Hall–Kier alpha value is -2.41. The Kier molecular flexibility index (Phi) is 6.21. The summed E-state index contributed by atoms with van der Waals surface area (Å²) in [6.07, 6.45) is 7.64. The van der Waals surface area contributed by atoms with Crippen LogP contribution in [0.15, 0.2) is 24.3 Å². The van der Waals surface area contributed by atoms with Crippen molar-refractivity contribution in [3.63, 3.8) is 0 Å². The average molecular weight is 384 g/mol. The maximum absolute atomic E-state index is 12.4. The second-order valence-corrected chi connectivity index (χ2v) is 7.47. The van der Waals surface area contributed by atoms with Crippen LogP contribution in [0.25, 0.3) is 0 Å². The third-order valence-corrected chi connectivity index (χ3v) is 5.40. The lowest BCUT2D eigenvalue weighted by Crippen LogP contribution is -2.26. The molecule has 4 rings (SSSR count). The quantitative estimate of drug-likeness (QED) is 0.794. The van der Waals surface area contributed by atoms with Crippen LogP contribution in [0.3, 0.4) is 0 Å². The van der Waals surface area contributed by atoms with Gasteiger partial charge in [0.2, 0.25) is 0 Å². The van der Waals surface area contributed by atoms with Gasteiger partial charge in [-0.1, -0.05) is 6.42 Å². The predicted octanol–water partition coefficient (Wildman–Crippen LogP) is 2.53. The van der Waals surface area contributed by atoms with Crippen LogP contribution < -0.4 is 10.1 Å². The standard InChI is InChI=1S/C21H28N4O3/c26-21(16-7-9-17(10-8-16)28-15-18-5-4-14-27-18)22-12-11-20-24-23-19-6-2-1-3-13-25(19)20/h7-10,18H,1-6,11-15H2,(H,22,26). The van der Waals surface area contributed by atoms with Crippen molar-refractivity contribution in [3.8, 4) is 5.75 Å². The molecule has 2 aliphatic heterocycles. The summed E-state index contributed by atoms with van der Waals surface area (Å²) in [6.45, 7) is 2.92. The van der Waals surface area contributed by atoms with E-state index in [4.69, 9.17) is 9.47 Å². The molecule has 150 valence electrons. The molecule has 2 aliphatic rings. The van der Waals surface area contributed by atoms with Gasteiger partial charge < -0.3 is 19.4 Å². The lowest BCUT2D eigenvalue weighted by molar-refractivity contribution is 0.0679. The Morgan fingerprint density at radius 3 is 2.89 bits per heavy atom. The van der Waals surface area contributed by atoms with Crippen LogP contribution in [0.5, 0.6) is 5.75 Å². The molecular formula is C21H28N4O3. The number of amides is 1. The highest BCUT2D eigenvalue weighted by molar-refractivity contribution is 5.94. The summed E-state index contributed by atoms with van der Waals surface area (Å²) in [5.41, 5.74) is 0.629. The maximum Gasteiger partial charge on any atom is 0.251 e. The molecule has 3 heterocycles. The van der Waals surface area contributed by atoms with Crippen LogP contribution in [-0.2, 0) is 24.1 Å². The lowest BCUT2D eigenvalue weighted by Gasteiger charge is -2.12. The van der Waals surface area contributed by atoms with E-state index in [0.717, 1.165) is 49.8 Å². The Morgan fingerprint density at radius 1 is 1.18 bits per heavy atom. The van der Waals surface area contributed by atoms with E-state index in [9.17, 15) is 4.79 Å². The van der Waals surface area contributed by atoms with E-state index in [1.807, 2.05) is 12.1 Å². The molecule has 7 heteroatoms. The summed E-state index contributed by atoms with van der Waals surface area (Å²) in [5.74, 6) is 2.73. The van der Waals surface area contributed by atoms with Crippen molar-refractivity contribution in [3.05, 3.63) is 41.5 Å². The molecule has 1 amide bonds. The number of hydrogen-bond donors (Lipinski definition) is 1. The molecule has 0 radical (unpaired) electrons. The van der Waals surface area contributed by atoms with E-state index >= 15 is 0 Å². The molecule has 1 saturated heterocycles. The smallest absolute Gasteiger partial charge is 0.251 e. The SMILES string of the molecule is O=C(NCCc1nnc2n1CCCCC2)c1ccc(OCC2CCCO2)cc1. The molecule has 1 fully saturated rings. The maximum atomic E-state index is 12.4. The van der Waals surface area contributed by atoms with E-state index in [1.165, 1.54) is 19.3 Å². The Balaban J connectivity index is 1.24.